The fraction of sp³-hybridized carbons (Fsp3) is 0.130. The van der Waals surface area contributed by atoms with E-state index in [9.17, 15) is 0 Å². The Bertz CT molecular complexity index is 628. The average molecular weight is 317 g/mol. The van der Waals surface area contributed by atoms with Gasteiger partial charge >= 0.3 is 0 Å². The van der Waals surface area contributed by atoms with Crippen molar-refractivity contribution < 1.29 is 0 Å². The van der Waals surface area contributed by atoms with E-state index in [-0.39, 0.29) is 0 Å². The summed E-state index contributed by atoms with van der Waals surface area (Å²) in [5.74, 6) is 0. The largest absolute Gasteiger partial charge is 0.311 e. The van der Waals surface area contributed by atoms with Crippen LogP contribution in [0.15, 0.2) is 111 Å². The third-order valence-electron chi connectivity index (χ3n) is 3.55. The molecule has 1 aromatic rings. The van der Waals surface area contributed by atoms with Crippen LogP contribution < -0.4 is 4.90 Å². The molecule has 1 heteroatoms. The van der Waals surface area contributed by atoms with Crippen LogP contribution in [-0.4, -0.2) is 0 Å². The maximum atomic E-state index is 3.93. The Hall–Kier alpha value is -2.80. The fourth-order valence-corrected chi connectivity index (χ4v) is 2.46. The minimum absolute atomic E-state index is 0.932. The summed E-state index contributed by atoms with van der Waals surface area (Å²) in [7, 11) is 0. The molecule has 0 aromatic heterocycles. The van der Waals surface area contributed by atoms with E-state index in [1.165, 1.54) is 5.56 Å². The molecule has 1 rings (SSSR count). The summed E-state index contributed by atoms with van der Waals surface area (Å²) in [6.07, 6.45) is 16.1. The number of benzene rings is 1. The monoisotopic (exact) mass is 317 g/mol. The standard InChI is InChI=1S/C23H27N/c1-6-11-12-16-20-17-13-18-23(19-20)24(21(9-4)14-7-2)22(10-5)15-8-3/h6-10,13-15,17-19H,1-5,11-12,16H2/b21-14+,22-15+. The maximum Gasteiger partial charge on any atom is 0.0464 e. The van der Waals surface area contributed by atoms with Gasteiger partial charge in [-0.2, -0.15) is 0 Å². The lowest BCUT2D eigenvalue weighted by molar-refractivity contribution is 0.844. The van der Waals surface area contributed by atoms with Crippen molar-refractivity contribution in [3.05, 3.63) is 117 Å². The highest BCUT2D eigenvalue weighted by atomic mass is 15.1. The summed E-state index contributed by atoms with van der Waals surface area (Å²) in [4.78, 5) is 2.10. The Morgan fingerprint density at radius 2 is 1.54 bits per heavy atom. The predicted molar refractivity (Wildman–Crippen MR) is 109 cm³/mol. The Balaban J connectivity index is 3.33. The van der Waals surface area contributed by atoms with Crippen molar-refractivity contribution >= 4 is 5.69 Å². The Kier molecular flexibility index (Phi) is 8.70. The van der Waals surface area contributed by atoms with Gasteiger partial charge in [-0.1, -0.05) is 56.7 Å². The number of allylic oxidation sites excluding steroid dienone is 7. The third kappa shape index (κ3) is 5.44. The van der Waals surface area contributed by atoms with E-state index in [1.807, 2.05) is 30.4 Å². The molecule has 0 bridgehead atoms. The molecule has 0 saturated carbocycles. The molecule has 0 unspecified atom stereocenters. The molecule has 0 saturated heterocycles. The second-order valence-corrected chi connectivity index (χ2v) is 5.25. The van der Waals surface area contributed by atoms with Crippen molar-refractivity contribution in [2.75, 3.05) is 4.90 Å². The fourth-order valence-electron chi connectivity index (χ4n) is 2.46. The first-order valence-corrected chi connectivity index (χ1v) is 8.12. The molecule has 124 valence electrons. The summed E-state index contributed by atoms with van der Waals surface area (Å²) in [6, 6.07) is 8.51. The van der Waals surface area contributed by atoms with Crippen LogP contribution in [0.1, 0.15) is 18.4 Å². The van der Waals surface area contributed by atoms with E-state index in [0.29, 0.717) is 0 Å². The molecule has 0 aliphatic rings. The van der Waals surface area contributed by atoms with E-state index in [0.717, 1.165) is 36.3 Å². The second-order valence-electron chi connectivity index (χ2n) is 5.25. The van der Waals surface area contributed by atoms with Crippen LogP contribution in [0, 0.1) is 0 Å². The predicted octanol–water partition coefficient (Wildman–Crippen LogP) is 6.51. The topological polar surface area (TPSA) is 3.24 Å². The van der Waals surface area contributed by atoms with Gasteiger partial charge in [-0.15, -0.1) is 6.58 Å². The normalized spacial score (nSPS) is 11.5. The van der Waals surface area contributed by atoms with Gasteiger partial charge in [0.25, 0.3) is 0 Å². The van der Waals surface area contributed by atoms with Gasteiger partial charge < -0.3 is 4.90 Å². The summed E-state index contributed by atoms with van der Waals surface area (Å²) >= 11 is 0. The highest BCUT2D eigenvalue weighted by Gasteiger charge is 2.13. The smallest absolute Gasteiger partial charge is 0.0464 e. The van der Waals surface area contributed by atoms with Crippen LogP contribution in [0.5, 0.6) is 0 Å². The zero-order chi connectivity index (χ0) is 17.8. The quantitative estimate of drug-likeness (QED) is 0.255. The van der Waals surface area contributed by atoms with Crippen LogP contribution in [0.4, 0.5) is 5.69 Å². The molecule has 0 N–H and O–H groups in total. The summed E-state index contributed by atoms with van der Waals surface area (Å²) in [5, 5.41) is 0. The van der Waals surface area contributed by atoms with Gasteiger partial charge in [0.15, 0.2) is 0 Å². The minimum atomic E-state index is 0.932. The molecule has 1 aromatic carbocycles. The molecule has 0 amide bonds. The van der Waals surface area contributed by atoms with Crippen LogP contribution in [0.2, 0.25) is 0 Å². The number of aryl methyl sites for hydroxylation is 1. The Morgan fingerprint density at radius 3 is 2.04 bits per heavy atom. The van der Waals surface area contributed by atoms with Crippen molar-refractivity contribution in [2.24, 2.45) is 0 Å². The summed E-state index contributed by atoms with van der Waals surface area (Å²) < 4.78 is 0. The van der Waals surface area contributed by atoms with Crippen molar-refractivity contribution in [1.82, 2.24) is 0 Å². The van der Waals surface area contributed by atoms with Crippen LogP contribution in [0.25, 0.3) is 0 Å². The molecule has 0 heterocycles. The summed E-state index contributed by atoms with van der Waals surface area (Å²) in [6.45, 7) is 19.2. The highest BCUT2D eigenvalue weighted by molar-refractivity contribution is 5.64. The molecule has 0 spiro atoms. The Morgan fingerprint density at radius 1 is 0.917 bits per heavy atom. The molecule has 0 aliphatic heterocycles. The lowest BCUT2D eigenvalue weighted by Crippen LogP contribution is -2.19. The third-order valence-corrected chi connectivity index (χ3v) is 3.55. The maximum absolute atomic E-state index is 3.93. The van der Waals surface area contributed by atoms with Crippen LogP contribution >= 0.6 is 0 Å². The lowest BCUT2D eigenvalue weighted by Gasteiger charge is -2.27. The van der Waals surface area contributed by atoms with Gasteiger partial charge in [0, 0.05) is 17.1 Å². The van der Waals surface area contributed by atoms with Crippen molar-refractivity contribution in [3.63, 3.8) is 0 Å². The second kappa shape index (κ2) is 10.8. The molecule has 0 aliphatic carbocycles. The average Bonchev–Trinajstić information content (AvgIpc) is 2.61. The molecule has 24 heavy (non-hydrogen) atoms. The SMILES string of the molecule is C=C/C=C(\C=C)N(/C(C=C)=C/C=C)c1cccc(CCCC=C)c1. The molecule has 0 atom stereocenters. The Labute approximate surface area is 147 Å². The van der Waals surface area contributed by atoms with Crippen LogP contribution in [-0.2, 0) is 6.42 Å². The number of hydrogen-bond donors (Lipinski definition) is 0. The molecule has 0 fully saturated rings. The van der Waals surface area contributed by atoms with Gasteiger partial charge in [0.1, 0.15) is 0 Å². The molecule has 0 radical (unpaired) electrons. The zero-order valence-corrected chi connectivity index (χ0v) is 14.5. The first-order valence-electron chi connectivity index (χ1n) is 8.12. The first kappa shape index (κ1) is 19.2. The van der Waals surface area contributed by atoms with Gasteiger partial charge in [-0.25, -0.2) is 0 Å². The van der Waals surface area contributed by atoms with E-state index in [2.05, 4.69) is 62.1 Å². The lowest BCUT2D eigenvalue weighted by atomic mass is 10.1. The number of hydrogen-bond acceptors (Lipinski definition) is 1. The van der Waals surface area contributed by atoms with E-state index in [1.54, 1.807) is 12.2 Å². The number of rotatable bonds is 11. The van der Waals surface area contributed by atoms with Gasteiger partial charge in [0.05, 0.1) is 0 Å². The first-order chi connectivity index (χ1) is 11.7. The van der Waals surface area contributed by atoms with Crippen molar-refractivity contribution in [1.29, 1.82) is 0 Å². The number of unbranched alkanes of at least 4 members (excludes halogenated alkanes) is 1. The number of anilines is 1. The van der Waals surface area contributed by atoms with E-state index in [4.69, 9.17) is 0 Å². The van der Waals surface area contributed by atoms with Gasteiger partial charge in [-0.3, -0.25) is 0 Å². The van der Waals surface area contributed by atoms with E-state index < -0.39 is 0 Å². The highest BCUT2D eigenvalue weighted by Crippen LogP contribution is 2.27. The number of nitrogens with zero attached hydrogens (tertiary/aromatic N) is 1. The molecule has 1 nitrogen and oxygen atoms in total. The van der Waals surface area contributed by atoms with Crippen molar-refractivity contribution in [3.8, 4) is 0 Å². The van der Waals surface area contributed by atoms with Gasteiger partial charge in [0.2, 0.25) is 0 Å². The van der Waals surface area contributed by atoms with Gasteiger partial charge in [-0.05, 0) is 61.3 Å². The summed E-state index contributed by atoms with van der Waals surface area (Å²) in [5.41, 5.74) is 4.22. The van der Waals surface area contributed by atoms with E-state index >= 15 is 0 Å². The van der Waals surface area contributed by atoms with Crippen LogP contribution in [0.3, 0.4) is 0 Å². The van der Waals surface area contributed by atoms with Crippen molar-refractivity contribution in [2.45, 2.75) is 19.3 Å². The minimum Gasteiger partial charge on any atom is -0.311 e. The zero-order valence-electron chi connectivity index (χ0n) is 14.5. The molecular weight excluding hydrogens is 290 g/mol. The molecular formula is C23H27N.